The molecule has 30 heavy (non-hydrogen) atoms. The predicted octanol–water partition coefficient (Wildman–Crippen LogP) is 7.19. The van der Waals surface area contributed by atoms with Crippen LogP contribution in [0.5, 0.6) is 0 Å². The van der Waals surface area contributed by atoms with Crippen LogP contribution in [0.4, 0.5) is 0 Å². The number of carbonyl (C=O) groups excluding carboxylic acids is 1. The van der Waals surface area contributed by atoms with Gasteiger partial charge in [-0.1, -0.05) is 88.4 Å². The number of benzene rings is 2. The van der Waals surface area contributed by atoms with Gasteiger partial charge in [0.15, 0.2) is 0 Å². The molecule has 0 saturated heterocycles. The van der Waals surface area contributed by atoms with Crippen LogP contribution in [-0.4, -0.2) is 12.6 Å². The Labute approximate surface area is 183 Å². The number of carbonyl (C=O) groups is 1. The summed E-state index contributed by atoms with van der Waals surface area (Å²) in [5.74, 6) is 1.41. The normalized spacial score (nSPS) is 18.9. The Balaban J connectivity index is 1.33. The van der Waals surface area contributed by atoms with Crippen molar-refractivity contribution < 1.29 is 9.53 Å². The highest BCUT2D eigenvalue weighted by molar-refractivity contribution is 5.91. The Hall–Kier alpha value is -2.09. The molecule has 1 aliphatic carbocycles. The van der Waals surface area contributed by atoms with Crippen molar-refractivity contribution in [3.05, 3.63) is 70.8 Å². The molecule has 0 atom stereocenters. The van der Waals surface area contributed by atoms with Crippen molar-refractivity contribution in [3.63, 3.8) is 0 Å². The van der Waals surface area contributed by atoms with Gasteiger partial charge >= 0.3 is 5.97 Å². The first-order valence-corrected chi connectivity index (χ1v) is 12.0. The molecule has 1 saturated carbocycles. The van der Waals surface area contributed by atoms with E-state index in [1.165, 1.54) is 62.5 Å². The first-order valence-electron chi connectivity index (χ1n) is 12.0. The van der Waals surface area contributed by atoms with Crippen LogP contribution in [0.3, 0.4) is 0 Å². The summed E-state index contributed by atoms with van der Waals surface area (Å²) in [6.07, 6.45) is 12.0. The van der Waals surface area contributed by atoms with Gasteiger partial charge in [0, 0.05) is 0 Å². The fourth-order valence-electron chi connectivity index (χ4n) is 4.76. The van der Waals surface area contributed by atoms with E-state index in [-0.39, 0.29) is 5.97 Å². The molecule has 2 nitrogen and oxygen atoms in total. The lowest BCUT2D eigenvalue weighted by Crippen LogP contribution is -2.18. The Morgan fingerprint density at radius 1 is 0.833 bits per heavy atom. The van der Waals surface area contributed by atoms with E-state index in [2.05, 4.69) is 38.1 Å². The second-order valence-electron chi connectivity index (χ2n) is 8.93. The summed E-state index contributed by atoms with van der Waals surface area (Å²) in [4.78, 5) is 12.4. The Bertz CT molecular complexity index is 769. The van der Waals surface area contributed by atoms with Crippen LogP contribution in [0.25, 0.3) is 0 Å². The molecule has 3 rings (SSSR count). The SMILES string of the molecule is CCCc1ccc(CC[C@H]2CC[C@H](CCOC(=O)c3ccccc3CC)CC2)cc1. The number of hydrogen-bond acceptors (Lipinski definition) is 2. The van der Waals surface area contributed by atoms with Gasteiger partial charge in [0.25, 0.3) is 0 Å². The molecule has 0 aromatic heterocycles. The van der Waals surface area contributed by atoms with Crippen molar-refractivity contribution in [1.29, 1.82) is 0 Å². The second kappa shape index (κ2) is 11.9. The third-order valence-corrected chi connectivity index (χ3v) is 6.75. The highest BCUT2D eigenvalue weighted by Gasteiger charge is 2.21. The lowest BCUT2D eigenvalue weighted by atomic mass is 9.78. The van der Waals surface area contributed by atoms with Crippen LogP contribution in [-0.2, 0) is 24.0 Å². The molecule has 0 amide bonds. The second-order valence-corrected chi connectivity index (χ2v) is 8.93. The first-order chi connectivity index (χ1) is 14.7. The third-order valence-electron chi connectivity index (χ3n) is 6.75. The first kappa shape index (κ1) is 22.6. The van der Waals surface area contributed by atoms with Gasteiger partial charge in [0.05, 0.1) is 12.2 Å². The average Bonchev–Trinajstić information content (AvgIpc) is 2.79. The molecule has 2 heteroatoms. The highest BCUT2D eigenvalue weighted by Crippen LogP contribution is 2.33. The molecule has 0 unspecified atom stereocenters. The lowest BCUT2D eigenvalue weighted by Gasteiger charge is -2.28. The number of ether oxygens (including phenoxy) is 1. The van der Waals surface area contributed by atoms with E-state index in [1.54, 1.807) is 0 Å². The van der Waals surface area contributed by atoms with Crippen LogP contribution in [0.1, 0.15) is 85.8 Å². The molecule has 0 heterocycles. The van der Waals surface area contributed by atoms with Crippen molar-refractivity contribution in [2.75, 3.05) is 6.61 Å². The van der Waals surface area contributed by atoms with Gasteiger partial charge in [-0.3, -0.25) is 0 Å². The van der Waals surface area contributed by atoms with E-state index in [4.69, 9.17) is 4.74 Å². The van der Waals surface area contributed by atoms with Crippen LogP contribution in [0.15, 0.2) is 48.5 Å². The van der Waals surface area contributed by atoms with Crippen LogP contribution in [0.2, 0.25) is 0 Å². The lowest BCUT2D eigenvalue weighted by molar-refractivity contribution is 0.0468. The van der Waals surface area contributed by atoms with Crippen molar-refractivity contribution in [1.82, 2.24) is 0 Å². The largest absolute Gasteiger partial charge is 0.462 e. The molecule has 162 valence electrons. The monoisotopic (exact) mass is 406 g/mol. The Kier molecular flexibility index (Phi) is 8.99. The van der Waals surface area contributed by atoms with Crippen LogP contribution >= 0.6 is 0 Å². The molecule has 1 aliphatic rings. The van der Waals surface area contributed by atoms with Gasteiger partial charge in [-0.15, -0.1) is 0 Å². The minimum absolute atomic E-state index is 0.161. The zero-order valence-corrected chi connectivity index (χ0v) is 18.9. The fourth-order valence-corrected chi connectivity index (χ4v) is 4.76. The summed E-state index contributed by atoms with van der Waals surface area (Å²) < 4.78 is 5.59. The summed E-state index contributed by atoms with van der Waals surface area (Å²) in [6.45, 7) is 4.86. The van der Waals surface area contributed by atoms with Crippen LogP contribution < -0.4 is 0 Å². The van der Waals surface area contributed by atoms with Gasteiger partial charge in [-0.2, -0.15) is 0 Å². The number of esters is 1. The maximum Gasteiger partial charge on any atom is 0.338 e. The molecule has 1 fully saturated rings. The summed E-state index contributed by atoms with van der Waals surface area (Å²) in [5, 5.41) is 0. The summed E-state index contributed by atoms with van der Waals surface area (Å²) >= 11 is 0. The van der Waals surface area contributed by atoms with E-state index in [9.17, 15) is 4.79 Å². The van der Waals surface area contributed by atoms with E-state index >= 15 is 0 Å². The molecular formula is C28H38O2. The Morgan fingerprint density at radius 3 is 2.07 bits per heavy atom. The minimum atomic E-state index is -0.161. The molecule has 2 aromatic carbocycles. The average molecular weight is 407 g/mol. The molecule has 0 N–H and O–H groups in total. The maximum absolute atomic E-state index is 12.4. The number of hydrogen-bond donors (Lipinski definition) is 0. The smallest absolute Gasteiger partial charge is 0.338 e. The molecule has 0 aliphatic heterocycles. The maximum atomic E-state index is 12.4. The van der Waals surface area contributed by atoms with Crippen LogP contribution in [0, 0.1) is 11.8 Å². The summed E-state index contributed by atoms with van der Waals surface area (Å²) in [6, 6.07) is 17.0. The molecule has 0 spiro atoms. The van der Waals surface area contributed by atoms with Gasteiger partial charge in [-0.25, -0.2) is 4.79 Å². The van der Waals surface area contributed by atoms with Crippen molar-refractivity contribution in [2.45, 2.75) is 78.1 Å². The van der Waals surface area contributed by atoms with Gasteiger partial charge in [0.2, 0.25) is 0 Å². The molecule has 2 aromatic rings. The summed E-state index contributed by atoms with van der Waals surface area (Å²) in [7, 11) is 0. The fraction of sp³-hybridized carbons (Fsp3) is 0.536. The van der Waals surface area contributed by atoms with Gasteiger partial charge in [-0.05, 0) is 66.7 Å². The number of aryl methyl sites for hydroxylation is 3. The van der Waals surface area contributed by atoms with E-state index in [0.29, 0.717) is 12.5 Å². The van der Waals surface area contributed by atoms with E-state index < -0.39 is 0 Å². The van der Waals surface area contributed by atoms with E-state index in [1.807, 2.05) is 24.3 Å². The Morgan fingerprint density at radius 2 is 1.43 bits per heavy atom. The molecule has 0 radical (unpaired) electrons. The molecular weight excluding hydrogens is 368 g/mol. The summed E-state index contributed by atoms with van der Waals surface area (Å²) in [5.41, 5.74) is 4.74. The third kappa shape index (κ3) is 6.72. The van der Waals surface area contributed by atoms with Crippen molar-refractivity contribution >= 4 is 5.97 Å². The molecule has 0 bridgehead atoms. The number of rotatable bonds is 10. The van der Waals surface area contributed by atoms with Gasteiger partial charge in [0.1, 0.15) is 0 Å². The zero-order valence-electron chi connectivity index (χ0n) is 18.9. The standard InChI is InChI=1S/C28H38O2/c1-3-7-22-10-12-23(13-11-22)14-15-24-16-18-25(19-17-24)20-21-30-28(29)27-9-6-5-8-26(27)4-2/h5-6,8-13,24-25H,3-4,7,14-21H2,1-2H3/t24-,25-. The zero-order chi connectivity index (χ0) is 21.2. The van der Waals surface area contributed by atoms with Crippen molar-refractivity contribution in [3.8, 4) is 0 Å². The quantitative estimate of drug-likeness (QED) is 0.390. The predicted molar refractivity (Wildman–Crippen MR) is 125 cm³/mol. The van der Waals surface area contributed by atoms with E-state index in [0.717, 1.165) is 29.9 Å². The van der Waals surface area contributed by atoms with Crippen molar-refractivity contribution in [2.24, 2.45) is 11.8 Å². The minimum Gasteiger partial charge on any atom is -0.462 e. The van der Waals surface area contributed by atoms with Gasteiger partial charge < -0.3 is 4.74 Å². The highest BCUT2D eigenvalue weighted by atomic mass is 16.5. The topological polar surface area (TPSA) is 26.3 Å².